The van der Waals surface area contributed by atoms with E-state index in [2.05, 4.69) is 43.5 Å². The number of rotatable bonds is 54. The SMILES string of the molecule is CCCCCCCCCCCCCCC/C=C/CC/C=C/CC/C=C/C(O)C(COC1OC(CO)C(OC2OC(CO)C(O)C(O)C2O)C(O)C1O)NC(=O)CCCCCCCCCCCCCCCCCCCCCCCCC. The van der Waals surface area contributed by atoms with Crippen molar-refractivity contribution in [3.05, 3.63) is 36.5 Å². The van der Waals surface area contributed by atoms with Gasteiger partial charge in [0.25, 0.3) is 0 Å². The first kappa shape index (κ1) is 74.3. The van der Waals surface area contributed by atoms with Gasteiger partial charge in [-0.15, -0.1) is 0 Å². The summed E-state index contributed by atoms with van der Waals surface area (Å²) in [6.45, 7) is 2.81. The normalized spacial score (nSPS) is 24.4. The molecule has 1 amide bonds. The summed E-state index contributed by atoms with van der Waals surface area (Å²) in [5.74, 6) is -0.248. The molecule has 2 rings (SSSR count). The average Bonchev–Trinajstić information content (AvgIpc) is 3.46. The van der Waals surface area contributed by atoms with Gasteiger partial charge in [-0.25, -0.2) is 0 Å². The van der Waals surface area contributed by atoms with Crippen LogP contribution in [0.2, 0.25) is 0 Å². The molecule has 0 saturated carbocycles. The molecule has 2 aliphatic rings. The molecule has 9 N–H and O–H groups in total. The Kier molecular flexibility index (Phi) is 47.9. The molecule has 12 atom stereocenters. The highest BCUT2D eigenvalue weighted by molar-refractivity contribution is 5.76. The van der Waals surface area contributed by atoms with E-state index < -0.39 is 86.8 Å². The monoisotopic (exact) mass is 1140 g/mol. The van der Waals surface area contributed by atoms with Crippen molar-refractivity contribution in [3.8, 4) is 0 Å². The molecule has 80 heavy (non-hydrogen) atoms. The molecule has 0 radical (unpaired) electrons. The third kappa shape index (κ3) is 36.1. The van der Waals surface area contributed by atoms with E-state index in [1.54, 1.807) is 6.08 Å². The smallest absolute Gasteiger partial charge is 0.220 e. The van der Waals surface area contributed by atoms with Crippen molar-refractivity contribution in [1.29, 1.82) is 0 Å². The molecule has 2 saturated heterocycles. The van der Waals surface area contributed by atoms with Crippen LogP contribution in [0, 0.1) is 0 Å². The summed E-state index contributed by atoms with van der Waals surface area (Å²) in [6, 6.07) is -0.936. The zero-order valence-electron chi connectivity index (χ0n) is 50.8. The van der Waals surface area contributed by atoms with E-state index in [-0.39, 0.29) is 18.9 Å². The molecule has 0 aliphatic carbocycles. The van der Waals surface area contributed by atoms with Gasteiger partial charge in [0, 0.05) is 6.42 Å². The summed E-state index contributed by atoms with van der Waals surface area (Å²) in [4.78, 5) is 13.3. The number of hydrogen-bond donors (Lipinski definition) is 9. The minimum absolute atomic E-state index is 0.248. The van der Waals surface area contributed by atoms with Crippen molar-refractivity contribution in [1.82, 2.24) is 5.32 Å². The van der Waals surface area contributed by atoms with Crippen LogP contribution in [0.5, 0.6) is 0 Å². The molecule has 0 aromatic heterocycles. The first-order chi connectivity index (χ1) is 39.1. The standard InChI is InChI=1S/C66H123NO13/c1-3-5-7-9-11-13-15-17-19-21-23-25-27-29-31-33-35-37-39-41-43-45-47-49-55(70)54(53-77-65-63(76)61(74)64(57(52-69)79-65)80-66-62(75)60(73)59(72)56(51-68)78-66)67-58(71)50-48-46-44-42-40-38-36-34-32-30-28-26-24-22-20-18-16-14-12-10-8-6-4-2/h31,33,39,41,47,49,54-57,59-66,68-70,72-76H,3-30,32,34-38,40,42-46,48,50-53H2,1-2H3,(H,67,71)/b33-31+,41-39+,49-47+. The van der Waals surface area contributed by atoms with Gasteiger partial charge in [-0.05, 0) is 44.9 Å². The molecule has 2 fully saturated rings. The van der Waals surface area contributed by atoms with Crippen LogP contribution in [0.15, 0.2) is 36.5 Å². The number of aliphatic hydroxyl groups is 8. The molecular weight excluding hydrogens is 1010 g/mol. The fourth-order valence-corrected chi connectivity index (χ4v) is 11.0. The number of nitrogens with one attached hydrogen (secondary N) is 1. The number of ether oxygens (including phenoxy) is 4. The number of hydrogen-bond acceptors (Lipinski definition) is 13. The molecule has 14 heteroatoms. The lowest BCUT2D eigenvalue weighted by molar-refractivity contribution is -0.359. The van der Waals surface area contributed by atoms with Crippen LogP contribution < -0.4 is 5.32 Å². The molecular formula is C66H123NO13. The highest BCUT2D eigenvalue weighted by Gasteiger charge is 2.51. The van der Waals surface area contributed by atoms with Crippen molar-refractivity contribution < 1.29 is 64.6 Å². The van der Waals surface area contributed by atoms with Gasteiger partial charge in [-0.3, -0.25) is 4.79 Å². The summed E-state index contributed by atoms with van der Waals surface area (Å²) >= 11 is 0. The van der Waals surface area contributed by atoms with Gasteiger partial charge in [0.2, 0.25) is 5.91 Å². The maximum atomic E-state index is 13.3. The number of carbonyl (C=O) groups is 1. The molecule has 12 unspecified atom stereocenters. The van der Waals surface area contributed by atoms with Gasteiger partial charge in [-0.1, -0.05) is 269 Å². The zero-order chi connectivity index (χ0) is 58.1. The zero-order valence-corrected chi connectivity index (χ0v) is 50.8. The third-order valence-corrected chi connectivity index (χ3v) is 16.3. The molecule has 2 heterocycles. The molecule has 0 aromatic carbocycles. The number of unbranched alkanes of at least 4 members (excludes halogenated alkanes) is 37. The Morgan fingerprint density at radius 1 is 0.438 bits per heavy atom. The number of carbonyl (C=O) groups excluding carboxylic acids is 1. The topological polar surface area (TPSA) is 228 Å². The summed E-state index contributed by atoms with van der Waals surface area (Å²) in [5, 5.41) is 87.3. The Balaban J connectivity index is 1.74. The molecule has 0 aromatic rings. The molecule has 14 nitrogen and oxygen atoms in total. The van der Waals surface area contributed by atoms with Crippen LogP contribution in [0.25, 0.3) is 0 Å². The Morgan fingerprint density at radius 3 is 1.23 bits per heavy atom. The molecule has 0 bridgehead atoms. The molecule has 470 valence electrons. The van der Waals surface area contributed by atoms with Gasteiger partial charge >= 0.3 is 0 Å². The van der Waals surface area contributed by atoms with Gasteiger partial charge in [0.05, 0.1) is 32.0 Å². The Bertz CT molecular complexity index is 1480. The van der Waals surface area contributed by atoms with Crippen LogP contribution in [-0.4, -0.2) is 140 Å². The predicted molar refractivity (Wildman–Crippen MR) is 323 cm³/mol. The van der Waals surface area contributed by atoms with Crippen LogP contribution in [-0.2, 0) is 23.7 Å². The van der Waals surface area contributed by atoms with Crippen LogP contribution >= 0.6 is 0 Å². The lowest BCUT2D eigenvalue weighted by Crippen LogP contribution is -2.65. The fraction of sp³-hybridized carbons (Fsp3) is 0.894. The molecule has 0 spiro atoms. The van der Waals surface area contributed by atoms with Crippen LogP contribution in [0.3, 0.4) is 0 Å². The maximum absolute atomic E-state index is 13.3. The second kappa shape index (κ2) is 51.6. The van der Waals surface area contributed by atoms with Crippen molar-refractivity contribution in [2.75, 3.05) is 19.8 Å². The number of aliphatic hydroxyl groups excluding tert-OH is 8. The van der Waals surface area contributed by atoms with E-state index in [9.17, 15) is 45.6 Å². The lowest BCUT2D eigenvalue weighted by atomic mass is 9.97. The average molecular weight is 1140 g/mol. The van der Waals surface area contributed by atoms with E-state index in [4.69, 9.17) is 18.9 Å². The summed E-state index contributed by atoms with van der Waals surface area (Å²) in [7, 11) is 0. The van der Waals surface area contributed by atoms with E-state index in [1.165, 1.54) is 205 Å². The summed E-state index contributed by atoms with van der Waals surface area (Å²) < 4.78 is 22.8. The second-order valence-electron chi connectivity index (χ2n) is 23.6. The third-order valence-electron chi connectivity index (χ3n) is 16.3. The minimum atomic E-state index is -1.79. The van der Waals surface area contributed by atoms with Gasteiger partial charge in [0.1, 0.15) is 48.8 Å². The maximum Gasteiger partial charge on any atom is 0.220 e. The van der Waals surface area contributed by atoms with Gasteiger partial charge in [-0.2, -0.15) is 0 Å². The highest BCUT2D eigenvalue weighted by Crippen LogP contribution is 2.30. The van der Waals surface area contributed by atoms with E-state index >= 15 is 0 Å². The Morgan fingerprint density at radius 2 is 0.800 bits per heavy atom. The fourth-order valence-electron chi connectivity index (χ4n) is 11.0. The summed E-state index contributed by atoms with van der Waals surface area (Å²) in [6.07, 6.45) is 47.7. The second-order valence-corrected chi connectivity index (χ2v) is 23.6. The van der Waals surface area contributed by atoms with Gasteiger partial charge < -0.3 is 65.1 Å². The van der Waals surface area contributed by atoms with Crippen LogP contribution in [0.1, 0.15) is 284 Å². The Hall–Kier alpha value is -1.79. The first-order valence-electron chi connectivity index (χ1n) is 33.2. The van der Waals surface area contributed by atoms with Crippen molar-refractivity contribution in [2.45, 2.75) is 357 Å². The highest BCUT2D eigenvalue weighted by atomic mass is 16.7. The van der Waals surface area contributed by atoms with Crippen LogP contribution in [0.4, 0.5) is 0 Å². The van der Waals surface area contributed by atoms with Crippen molar-refractivity contribution in [3.63, 3.8) is 0 Å². The lowest BCUT2D eigenvalue weighted by Gasteiger charge is -2.46. The quantitative estimate of drug-likeness (QED) is 0.0204. The summed E-state index contributed by atoms with van der Waals surface area (Å²) in [5.41, 5.74) is 0. The number of allylic oxidation sites excluding steroid dienone is 5. The van der Waals surface area contributed by atoms with E-state index in [1.807, 2.05) is 6.08 Å². The first-order valence-corrected chi connectivity index (χ1v) is 33.2. The number of amides is 1. The van der Waals surface area contributed by atoms with Crippen molar-refractivity contribution in [2.24, 2.45) is 0 Å². The predicted octanol–water partition coefficient (Wildman–Crippen LogP) is 12.6. The van der Waals surface area contributed by atoms with Crippen molar-refractivity contribution >= 4 is 5.91 Å². The van der Waals surface area contributed by atoms with Gasteiger partial charge in [0.15, 0.2) is 12.6 Å². The molecule has 2 aliphatic heterocycles. The Labute approximate surface area is 487 Å². The van der Waals surface area contributed by atoms with E-state index in [0.717, 1.165) is 44.9 Å². The largest absolute Gasteiger partial charge is 0.394 e. The minimum Gasteiger partial charge on any atom is -0.394 e. The van der Waals surface area contributed by atoms with E-state index in [0.29, 0.717) is 12.8 Å².